The molecule has 3 heteroatoms. The van der Waals surface area contributed by atoms with Gasteiger partial charge in [-0.05, 0) is 55.5 Å². The molecule has 16 heavy (non-hydrogen) atoms. The second-order valence-electron chi connectivity index (χ2n) is 4.64. The lowest BCUT2D eigenvalue weighted by atomic mass is 9.94. The van der Waals surface area contributed by atoms with Crippen molar-refractivity contribution in [3.63, 3.8) is 0 Å². The van der Waals surface area contributed by atoms with Gasteiger partial charge in [0, 0.05) is 6.54 Å². The zero-order valence-corrected chi connectivity index (χ0v) is 10.2. The third-order valence-corrected chi connectivity index (χ3v) is 4.01. The highest BCUT2D eigenvalue weighted by molar-refractivity contribution is 6.34. The van der Waals surface area contributed by atoms with Crippen molar-refractivity contribution in [1.82, 2.24) is 5.32 Å². The third kappa shape index (κ3) is 1.70. The van der Waals surface area contributed by atoms with Gasteiger partial charge in [0.2, 0.25) is 0 Å². The van der Waals surface area contributed by atoms with Crippen LogP contribution in [0, 0.1) is 0 Å². The number of aryl methyl sites for hydroxylation is 1. The number of anilines is 1. The van der Waals surface area contributed by atoms with Crippen molar-refractivity contribution in [3.8, 4) is 0 Å². The fourth-order valence-electron chi connectivity index (χ4n) is 2.74. The first-order chi connectivity index (χ1) is 7.86. The van der Waals surface area contributed by atoms with E-state index in [1.807, 2.05) is 0 Å². The highest BCUT2D eigenvalue weighted by atomic mass is 35.5. The van der Waals surface area contributed by atoms with Crippen molar-refractivity contribution in [2.75, 3.05) is 25.0 Å². The second-order valence-corrected chi connectivity index (χ2v) is 5.02. The first-order valence-corrected chi connectivity index (χ1v) is 6.52. The Morgan fingerprint density at radius 1 is 1.00 bits per heavy atom. The van der Waals surface area contributed by atoms with Crippen LogP contribution in [0.4, 0.5) is 5.69 Å². The van der Waals surface area contributed by atoms with Crippen LogP contribution >= 0.6 is 11.6 Å². The Balaban J connectivity index is 2.12. The Kier molecular flexibility index (Phi) is 2.78. The van der Waals surface area contributed by atoms with Crippen LogP contribution in [0.3, 0.4) is 0 Å². The molecular formula is C13H17ClN2. The zero-order chi connectivity index (χ0) is 11.0. The maximum Gasteiger partial charge on any atom is 0.0675 e. The van der Waals surface area contributed by atoms with E-state index in [4.69, 9.17) is 11.6 Å². The van der Waals surface area contributed by atoms with Crippen LogP contribution in [0.2, 0.25) is 5.02 Å². The summed E-state index contributed by atoms with van der Waals surface area (Å²) in [6, 6.07) is 2.37. The predicted octanol–water partition coefficient (Wildman–Crippen LogP) is 2.39. The van der Waals surface area contributed by atoms with Crippen molar-refractivity contribution in [3.05, 3.63) is 27.8 Å². The molecule has 0 bridgehead atoms. The van der Waals surface area contributed by atoms with E-state index in [0.29, 0.717) is 0 Å². The van der Waals surface area contributed by atoms with E-state index in [1.54, 1.807) is 0 Å². The molecular weight excluding hydrogens is 220 g/mol. The summed E-state index contributed by atoms with van der Waals surface area (Å²) < 4.78 is 0. The second kappa shape index (κ2) is 4.27. The van der Waals surface area contributed by atoms with Gasteiger partial charge in [-0.3, -0.25) is 0 Å². The van der Waals surface area contributed by atoms with Gasteiger partial charge < -0.3 is 10.6 Å². The number of benzene rings is 1. The Hall–Kier alpha value is -0.730. The Labute approximate surface area is 101 Å². The van der Waals surface area contributed by atoms with E-state index in [1.165, 1.54) is 35.2 Å². The SMILES string of the molecule is Clc1c2c(cc3c1NCCC3)CCNCC2. The summed E-state index contributed by atoms with van der Waals surface area (Å²) in [5, 5.41) is 7.86. The average Bonchev–Trinajstić information content (AvgIpc) is 2.55. The molecule has 1 aromatic carbocycles. The van der Waals surface area contributed by atoms with Gasteiger partial charge in [0.25, 0.3) is 0 Å². The third-order valence-electron chi connectivity index (χ3n) is 3.59. The molecule has 1 aromatic rings. The van der Waals surface area contributed by atoms with Gasteiger partial charge in [-0.2, -0.15) is 0 Å². The van der Waals surface area contributed by atoms with Crippen LogP contribution < -0.4 is 10.6 Å². The lowest BCUT2D eigenvalue weighted by molar-refractivity contribution is 0.711. The molecule has 2 nitrogen and oxygen atoms in total. The van der Waals surface area contributed by atoms with Crippen molar-refractivity contribution in [1.29, 1.82) is 0 Å². The number of fused-ring (bicyclic) bond motifs is 2. The fourth-order valence-corrected chi connectivity index (χ4v) is 3.14. The van der Waals surface area contributed by atoms with Crippen LogP contribution in [0.1, 0.15) is 23.1 Å². The first kappa shape index (κ1) is 10.4. The molecule has 2 aliphatic heterocycles. The number of halogens is 1. The molecule has 86 valence electrons. The van der Waals surface area contributed by atoms with Gasteiger partial charge in [-0.15, -0.1) is 0 Å². The summed E-state index contributed by atoms with van der Waals surface area (Å²) in [6.45, 7) is 3.19. The lowest BCUT2D eigenvalue weighted by Crippen LogP contribution is -2.16. The van der Waals surface area contributed by atoms with Crippen LogP contribution in [-0.2, 0) is 19.3 Å². The monoisotopic (exact) mass is 236 g/mol. The molecule has 0 amide bonds. The number of nitrogens with one attached hydrogen (secondary N) is 2. The molecule has 2 aliphatic rings. The molecule has 0 radical (unpaired) electrons. The number of hydrogen-bond donors (Lipinski definition) is 2. The van der Waals surface area contributed by atoms with Crippen LogP contribution in [0.5, 0.6) is 0 Å². The Morgan fingerprint density at radius 2 is 1.88 bits per heavy atom. The first-order valence-electron chi connectivity index (χ1n) is 6.14. The van der Waals surface area contributed by atoms with E-state index < -0.39 is 0 Å². The fraction of sp³-hybridized carbons (Fsp3) is 0.538. The van der Waals surface area contributed by atoms with Crippen LogP contribution in [-0.4, -0.2) is 19.6 Å². The summed E-state index contributed by atoms with van der Waals surface area (Å²) in [7, 11) is 0. The van der Waals surface area contributed by atoms with Gasteiger partial charge in [0.05, 0.1) is 10.7 Å². The normalized spacial score (nSPS) is 19.3. The number of rotatable bonds is 0. The largest absolute Gasteiger partial charge is 0.384 e. The minimum Gasteiger partial charge on any atom is -0.384 e. The molecule has 0 unspecified atom stereocenters. The van der Waals surface area contributed by atoms with Gasteiger partial charge in [-0.25, -0.2) is 0 Å². The topological polar surface area (TPSA) is 24.1 Å². The van der Waals surface area contributed by atoms with Crippen molar-refractivity contribution in [2.45, 2.75) is 25.7 Å². The van der Waals surface area contributed by atoms with Crippen molar-refractivity contribution in [2.24, 2.45) is 0 Å². The molecule has 0 aliphatic carbocycles. The predicted molar refractivity (Wildman–Crippen MR) is 68.5 cm³/mol. The van der Waals surface area contributed by atoms with Crippen molar-refractivity contribution < 1.29 is 0 Å². The van der Waals surface area contributed by atoms with Crippen molar-refractivity contribution >= 4 is 17.3 Å². The average molecular weight is 237 g/mol. The Morgan fingerprint density at radius 3 is 2.81 bits per heavy atom. The minimum absolute atomic E-state index is 0.982. The summed E-state index contributed by atoms with van der Waals surface area (Å²) >= 11 is 6.53. The van der Waals surface area contributed by atoms with E-state index in [-0.39, 0.29) is 0 Å². The summed E-state index contributed by atoms with van der Waals surface area (Å²) in [5.41, 5.74) is 5.43. The summed E-state index contributed by atoms with van der Waals surface area (Å²) in [5.74, 6) is 0. The molecule has 0 fully saturated rings. The summed E-state index contributed by atoms with van der Waals surface area (Å²) in [6.07, 6.45) is 4.56. The van der Waals surface area contributed by atoms with Gasteiger partial charge in [0.15, 0.2) is 0 Å². The maximum absolute atomic E-state index is 6.53. The summed E-state index contributed by atoms with van der Waals surface area (Å²) in [4.78, 5) is 0. The molecule has 0 saturated heterocycles. The number of hydrogen-bond acceptors (Lipinski definition) is 2. The molecule has 2 heterocycles. The van der Waals surface area contributed by atoms with E-state index >= 15 is 0 Å². The minimum atomic E-state index is 0.982. The smallest absolute Gasteiger partial charge is 0.0675 e. The molecule has 3 rings (SSSR count). The highest BCUT2D eigenvalue weighted by Gasteiger charge is 2.19. The van der Waals surface area contributed by atoms with Gasteiger partial charge in [-0.1, -0.05) is 17.7 Å². The molecule has 0 aromatic heterocycles. The van der Waals surface area contributed by atoms with E-state index in [2.05, 4.69) is 16.7 Å². The Bertz CT molecular complexity index is 415. The van der Waals surface area contributed by atoms with Crippen LogP contribution in [0.15, 0.2) is 6.07 Å². The zero-order valence-electron chi connectivity index (χ0n) is 9.41. The van der Waals surface area contributed by atoms with E-state index in [9.17, 15) is 0 Å². The van der Waals surface area contributed by atoms with Gasteiger partial charge in [0.1, 0.15) is 0 Å². The maximum atomic E-state index is 6.53. The molecule has 0 saturated carbocycles. The lowest BCUT2D eigenvalue weighted by Gasteiger charge is -2.22. The highest BCUT2D eigenvalue weighted by Crippen LogP contribution is 2.36. The molecule has 2 N–H and O–H groups in total. The quantitative estimate of drug-likeness (QED) is 0.723. The standard InChI is InChI=1S/C13H17ClN2/c14-12-11-4-7-15-6-3-9(11)8-10-2-1-5-16-13(10)12/h8,15-16H,1-7H2. The van der Waals surface area contributed by atoms with Gasteiger partial charge >= 0.3 is 0 Å². The molecule has 0 atom stereocenters. The molecule has 0 spiro atoms. The van der Waals surface area contributed by atoms with E-state index in [0.717, 1.165) is 37.5 Å². The van der Waals surface area contributed by atoms with Crippen LogP contribution in [0.25, 0.3) is 0 Å².